The number of guanidine groups is 1. The second kappa shape index (κ2) is 9.29. The molecular weight excluding hydrogens is 396 g/mol. The molecule has 6 heteroatoms. The molecule has 0 atom stereocenters. The Morgan fingerprint density at radius 2 is 2.05 bits per heavy atom. The van der Waals surface area contributed by atoms with Crippen molar-refractivity contribution >= 4 is 29.9 Å². The van der Waals surface area contributed by atoms with Gasteiger partial charge in [0, 0.05) is 18.5 Å². The zero-order chi connectivity index (χ0) is 15.1. The molecule has 0 amide bonds. The molecule has 0 saturated heterocycles. The summed E-state index contributed by atoms with van der Waals surface area (Å²) in [7, 11) is 0. The van der Waals surface area contributed by atoms with Crippen LogP contribution < -0.4 is 10.6 Å². The van der Waals surface area contributed by atoms with Gasteiger partial charge in [0.05, 0.1) is 13.2 Å². The SMILES string of the molecule is CCNC(=NCC1(CO)CC1)NCCc1ccccc1F.I. The van der Waals surface area contributed by atoms with Crippen LogP contribution in [0.2, 0.25) is 0 Å². The van der Waals surface area contributed by atoms with Crippen LogP contribution >= 0.6 is 24.0 Å². The van der Waals surface area contributed by atoms with E-state index >= 15 is 0 Å². The van der Waals surface area contributed by atoms with Crippen LogP contribution in [-0.4, -0.2) is 37.3 Å². The van der Waals surface area contributed by atoms with Gasteiger partial charge in [-0.2, -0.15) is 0 Å². The van der Waals surface area contributed by atoms with Crippen LogP contribution in [0, 0.1) is 11.2 Å². The van der Waals surface area contributed by atoms with E-state index in [1.807, 2.05) is 13.0 Å². The molecule has 0 aliphatic heterocycles. The molecule has 1 aromatic rings. The van der Waals surface area contributed by atoms with E-state index < -0.39 is 0 Å². The molecule has 1 aliphatic carbocycles. The molecule has 0 aromatic heterocycles. The smallest absolute Gasteiger partial charge is 0.191 e. The predicted octanol–water partition coefficient (Wildman–Crippen LogP) is 2.31. The lowest BCUT2D eigenvalue weighted by Gasteiger charge is -2.14. The Morgan fingerprint density at radius 1 is 1.32 bits per heavy atom. The fraction of sp³-hybridized carbons (Fsp3) is 0.562. The van der Waals surface area contributed by atoms with Crippen molar-refractivity contribution in [2.24, 2.45) is 10.4 Å². The monoisotopic (exact) mass is 421 g/mol. The normalized spacial score (nSPS) is 15.9. The molecule has 0 radical (unpaired) electrons. The van der Waals surface area contributed by atoms with Crippen LogP contribution in [0.1, 0.15) is 25.3 Å². The van der Waals surface area contributed by atoms with Crippen LogP contribution in [0.4, 0.5) is 4.39 Å². The van der Waals surface area contributed by atoms with Crippen molar-refractivity contribution in [3.63, 3.8) is 0 Å². The van der Waals surface area contributed by atoms with Gasteiger partial charge in [0.2, 0.25) is 0 Å². The number of halogens is 2. The lowest BCUT2D eigenvalue weighted by atomic mass is 10.1. The Balaban J connectivity index is 0.00000242. The van der Waals surface area contributed by atoms with Crippen LogP contribution in [0.5, 0.6) is 0 Å². The summed E-state index contributed by atoms with van der Waals surface area (Å²) >= 11 is 0. The summed E-state index contributed by atoms with van der Waals surface area (Å²) in [5.41, 5.74) is 0.711. The number of nitrogens with zero attached hydrogens (tertiary/aromatic N) is 1. The van der Waals surface area contributed by atoms with E-state index in [4.69, 9.17) is 0 Å². The fourth-order valence-corrected chi connectivity index (χ4v) is 2.15. The zero-order valence-electron chi connectivity index (χ0n) is 12.9. The Morgan fingerprint density at radius 3 is 2.64 bits per heavy atom. The first kappa shape index (κ1) is 19.2. The van der Waals surface area contributed by atoms with Gasteiger partial charge >= 0.3 is 0 Å². The number of hydrogen-bond donors (Lipinski definition) is 3. The maximum absolute atomic E-state index is 13.5. The fourth-order valence-electron chi connectivity index (χ4n) is 2.15. The van der Waals surface area contributed by atoms with E-state index in [0.717, 1.165) is 25.3 Å². The van der Waals surface area contributed by atoms with Crippen LogP contribution in [0.25, 0.3) is 0 Å². The number of hydrogen-bond acceptors (Lipinski definition) is 2. The molecule has 0 unspecified atom stereocenters. The van der Waals surface area contributed by atoms with Crippen LogP contribution in [0.15, 0.2) is 29.3 Å². The minimum Gasteiger partial charge on any atom is -0.396 e. The lowest BCUT2D eigenvalue weighted by Crippen LogP contribution is -2.39. The van der Waals surface area contributed by atoms with E-state index in [1.165, 1.54) is 6.07 Å². The minimum absolute atomic E-state index is 0. The maximum atomic E-state index is 13.5. The number of benzene rings is 1. The highest BCUT2D eigenvalue weighted by Gasteiger charge is 2.41. The highest BCUT2D eigenvalue weighted by atomic mass is 127. The quantitative estimate of drug-likeness (QED) is 0.360. The van der Waals surface area contributed by atoms with E-state index in [-0.39, 0.29) is 41.8 Å². The third-order valence-corrected chi connectivity index (χ3v) is 3.85. The Kier molecular flexibility index (Phi) is 8.09. The molecule has 1 saturated carbocycles. The second-order valence-corrected chi connectivity index (χ2v) is 5.62. The van der Waals surface area contributed by atoms with Crippen molar-refractivity contribution in [3.8, 4) is 0 Å². The number of aliphatic imine (C=N–C) groups is 1. The van der Waals surface area contributed by atoms with Gasteiger partial charge < -0.3 is 15.7 Å². The number of rotatable bonds is 7. The second-order valence-electron chi connectivity index (χ2n) is 5.62. The predicted molar refractivity (Wildman–Crippen MR) is 98.3 cm³/mol. The van der Waals surface area contributed by atoms with Gasteiger partial charge in [0.25, 0.3) is 0 Å². The van der Waals surface area contributed by atoms with Crippen molar-refractivity contribution in [1.29, 1.82) is 0 Å². The van der Waals surface area contributed by atoms with Gasteiger partial charge in [-0.15, -0.1) is 24.0 Å². The molecule has 124 valence electrons. The van der Waals surface area contributed by atoms with Gasteiger partial charge in [-0.25, -0.2) is 4.39 Å². The average molecular weight is 421 g/mol. The van der Waals surface area contributed by atoms with Gasteiger partial charge in [-0.05, 0) is 37.8 Å². The summed E-state index contributed by atoms with van der Waals surface area (Å²) in [5, 5.41) is 15.7. The zero-order valence-corrected chi connectivity index (χ0v) is 15.3. The lowest BCUT2D eigenvalue weighted by molar-refractivity contribution is 0.217. The van der Waals surface area contributed by atoms with E-state index in [9.17, 15) is 9.50 Å². The molecule has 4 nitrogen and oxygen atoms in total. The number of nitrogens with one attached hydrogen (secondary N) is 2. The molecule has 0 bridgehead atoms. The summed E-state index contributed by atoms with van der Waals surface area (Å²) in [5.74, 6) is 0.562. The highest BCUT2D eigenvalue weighted by molar-refractivity contribution is 14.0. The topological polar surface area (TPSA) is 56.7 Å². The minimum atomic E-state index is -0.168. The molecule has 22 heavy (non-hydrogen) atoms. The van der Waals surface area contributed by atoms with Gasteiger partial charge in [-0.1, -0.05) is 18.2 Å². The standard InChI is InChI=1S/C16H24FN3O.HI/c1-2-18-15(20-11-16(12-21)8-9-16)19-10-7-13-5-3-4-6-14(13)17;/h3-6,21H,2,7-12H2,1H3,(H2,18,19,20);1H. The van der Waals surface area contributed by atoms with Gasteiger partial charge in [0.1, 0.15) is 5.82 Å². The molecule has 0 heterocycles. The Bertz CT molecular complexity index is 492. The molecule has 0 spiro atoms. The number of aliphatic hydroxyl groups excluding tert-OH is 1. The average Bonchev–Trinajstić information content (AvgIpc) is 3.27. The third-order valence-electron chi connectivity index (χ3n) is 3.85. The summed E-state index contributed by atoms with van der Waals surface area (Å²) in [4.78, 5) is 4.51. The van der Waals surface area contributed by atoms with Gasteiger partial charge in [0.15, 0.2) is 5.96 Å². The third kappa shape index (κ3) is 5.72. The van der Waals surface area contributed by atoms with E-state index in [2.05, 4.69) is 15.6 Å². The van der Waals surface area contributed by atoms with Gasteiger partial charge in [-0.3, -0.25) is 4.99 Å². The van der Waals surface area contributed by atoms with Crippen molar-refractivity contribution in [2.75, 3.05) is 26.2 Å². The first-order chi connectivity index (χ1) is 10.2. The first-order valence-corrected chi connectivity index (χ1v) is 7.55. The molecule has 1 aromatic carbocycles. The van der Waals surface area contributed by atoms with Crippen LogP contribution in [-0.2, 0) is 6.42 Å². The van der Waals surface area contributed by atoms with Crippen molar-refractivity contribution in [2.45, 2.75) is 26.2 Å². The molecular formula is C16H25FIN3O. The van der Waals surface area contributed by atoms with Crippen molar-refractivity contribution in [3.05, 3.63) is 35.6 Å². The summed E-state index contributed by atoms with van der Waals surface area (Å²) < 4.78 is 13.5. The van der Waals surface area contributed by atoms with E-state index in [0.29, 0.717) is 25.1 Å². The molecule has 3 N–H and O–H groups in total. The van der Waals surface area contributed by atoms with Crippen LogP contribution in [0.3, 0.4) is 0 Å². The maximum Gasteiger partial charge on any atom is 0.191 e. The number of aliphatic hydroxyl groups is 1. The summed E-state index contributed by atoms with van der Waals surface area (Å²) in [6.07, 6.45) is 2.70. The highest BCUT2D eigenvalue weighted by Crippen LogP contribution is 2.45. The molecule has 2 rings (SSSR count). The molecule has 1 fully saturated rings. The summed E-state index contributed by atoms with van der Waals surface area (Å²) in [6, 6.07) is 6.82. The Hall–Kier alpha value is -0.890. The molecule has 1 aliphatic rings. The van der Waals surface area contributed by atoms with Crippen molar-refractivity contribution in [1.82, 2.24) is 10.6 Å². The van der Waals surface area contributed by atoms with Crippen molar-refractivity contribution < 1.29 is 9.50 Å². The Labute approximate surface area is 148 Å². The largest absolute Gasteiger partial charge is 0.396 e. The summed E-state index contributed by atoms with van der Waals surface area (Å²) in [6.45, 7) is 4.24. The van der Waals surface area contributed by atoms with E-state index in [1.54, 1.807) is 12.1 Å². The first-order valence-electron chi connectivity index (χ1n) is 7.55.